The van der Waals surface area contributed by atoms with E-state index in [9.17, 15) is 22.8 Å². The van der Waals surface area contributed by atoms with Gasteiger partial charge in [0.25, 0.3) is 0 Å². The highest BCUT2D eigenvalue weighted by molar-refractivity contribution is 8.00. The van der Waals surface area contributed by atoms with E-state index in [1.54, 1.807) is 31.2 Å². The lowest BCUT2D eigenvalue weighted by Gasteiger charge is -2.13. The van der Waals surface area contributed by atoms with Crippen LogP contribution in [0.5, 0.6) is 0 Å². The van der Waals surface area contributed by atoms with Crippen LogP contribution in [0.15, 0.2) is 53.4 Å². The summed E-state index contributed by atoms with van der Waals surface area (Å²) in [5, 5.41) is 2.09. The summed E-state index contributed by atoms with van der Waals surface area (Å²) in [6.45, 7) is 3.06. The first-order valence-corrected chi connectivity index (χ1v) is 8.30. The molecule has 0 aliphatic rings. The molecule has 7 heteroatoms. The molecule has 0 aliphatic heterocycles. The fourth-order valence-corrected chi connectivity index (χ4v) is 2.96. The van der Waals surface area contributed by atoms with Crippen LogP contribution in [0, 0.1) is 0 Å². The Kier molecular flexibility index (Phi) is 5.89. The number of benzene rings is 2. The van der Waals surface area contributed by atoms with Gasteiger partial charge in [0.15, 0.2) is 5.78 Å². The van der Waals surface area contributed by atoms with Gasteiger partial charge in [-0.15, -0.1) is 11.8 Å². The number of hydrogen-bond donors (Lipinski definition) is 1. The third-order valence-electron chi connectivity index (χ3n) is 3.40. The summed E-state index contributed by atoms with van der Waals surface area (Å²) in [6.07, 6.45) is -4.42. The molecule has 0 aliphatic carbocycles. The number of anilines is 1. The Morgan fingerprint density at radius 3 is 2.28 bits per heavy atom. The summed E-state index contributed by atoms with van der Waals surface area (Å²) < 4.78 is 38.2. The van der Waals surface area contributed by atoms with Crippen LogP contribution >= 0.6 is 11.8 Å². The maximum Gasteiger partial charge on any atom is 0.416 e. The van der Waals surface area contributed by atoms with E-state index >= 15 is 0 Å². The summed E-state index contributed by atoms with van der Waals surface area (Å²) >= 11 is 1.04. The van der Waals surface area contributed by atoms with Crippen LogP contribution < -0.4 is 5.32 Å². The monoisotopic (exact) mass is 367 g/mol. The lowest BCUT2D eigenvalue weighted by molar-refractivity contribution is -0.137. The highest BCUT2D eigenvalue weighted by atomic mass is 32.2. The molecule has 1 N–H and O–H groups in total. The number of thioether (sulfide) groups is 1. The molecule has 132 valence electrons. The number of Topliss-reactive ketones (excluding diaryl/α,β-unsaturated/α-hetero) is 1. The Labute approximate surface area is 147 Å². The number of ketones is 1. The van der Waals surface area contributed by atoms with Crippen molar-refractivity contribution in [2.45, 2.75) is 30.2 Å². The van der Waals surface area contributed by atoms with Crippen molar-refractivity contribution in [3.05, 3.63) is 59.7 Å². The standard InChI is InChI=1S/C18H16F3NO2S/c1-11(23)13-6-8-15(9-7-13)22-17(24)12(2)25-16-5-3-4-14(10-16)18(19,20)21/h3-10,12H,1-2H3,(H,22,24)/t12-/m1/s1. The zero-order chi connectivity index (χ0) is 18.6. The molecular formula is C18H16F3NO2S. The van der Waals surface area contributed by atoms with Gasteiger partial charge < -0.3 is 5.32 Å². The maximum atomic E-state index is 12.7. The minimum Gasteiger partial charge on any atom is -0.325 e. The first-order chi connectivity index (χ1) is 11.7. The predicted octanol–water partition coefficient (Wildman–Crippen LogP) is 5.03. The van der Waals surface area contributed by atoms with Crippen molar-refractivity contribution in [3.8, 4) is 0 Å². The molecule has 0 heterocycles. The minimum atomic E-state index is -4.42. The number of halogens is 3. The molecule has 2 rings (SSSR count). The Bertz CT molecular complexity index is 773. The van der Waals surface area contributed by atoms with E-state index in [0.29, 0.717) is 16.1 Å². The normalized spacial score (nSPS) is 12.5. The first kappa shape index (κ1) is 19.1. The minimum absolute atomic E-state index is 0.0775. The second kappa shape index (κ2) is 7.74. The Morgan fingerprint density at radius 2 is 1.72 bits per heavy atom. The smallest absolute Gasteiger partial charge is 0.325 e. The molecule has 0 bridgehead atoms. The zero-order valence-corrected chi connectivity index (χ0v) is 14.4. The van der Waals surface area contributed by atoms with Crippen molar-refractivity contribution < 1.29 is 22.8 Å². The van der Waals surface area contributed by atoms with E-state index < -0.39 is 17.0 Å². The Hall–Kier alpha value is -2.28. The topological polar surface area (TPSA) is 46.2 Å². The quantitative estimate of drug-likeness (QED) is 0.596. The molecule has 2 aromatic rings. The highest BCUT2D eigenvalue weighted by Crippen LogP contribution is 2.33. The molecule has 0 saturated carbocycles. The number of amides is 1. The van der Waals surface area contributed by atoms with Crippen LogP contribution in [-0.2, 0) is 11.0 Å². The third-order valence-corrected chi connectivity index (χ3v) is 4.50. The van der Waals surface area contributed by atoms with Gasteiger partial charge in [0.2, 0.25) is 5.91 Å². The van der Waals surface area contributed by atoms with E-state index in [-0.39, 0.29) is 11.7 Å². The van der Waals surface area contributed by atoms with Gasteiger partial charge in [-0.05, 0) is 56.3 Å². The van der Waals surface area contributed by atoms with Gasteiger partial charge in [0.05, 0.1) is 10.8 Å². The summed E-state index contributed by atoms with van der Waals surface area (Å²) in [5.41, 5.74) is 0.306. The van der Waals surface area contributed by atoms with Gasteiger partial charge in [-0.2, -0.15) is 13.2 Å². The zero-order valence-electron chi connectivity index (χ0n) is 13.6. The fourth-order valence-electron chi connectivity index (χ4n) is 2.04. The average molecular weight is 367 g/mol. The van der Waals surface area contributed by atoms with Crippen LogP contribution in [0.4, 0.5) is 18.9 Å². The Balaban J connectivity index is 2.02. The van der Waals surface area contributed by atoms with Crippen LogP contribution in [-0.4, -0.2) is 16.9 Å². The molecule has 1 amide bonds. The van der Waals surface area contributed by atoms with Gasteiger partial charge in [0, 0.05) is 16.1 Å². The fraction of sp³-hybridized carbons (Fsp3) is 0.222. The van der Waals surface area contributed by atoms with Crippen molar-refractivity contribution in [3.63, 3.8) is 0 Å². The molecule has 0 aromatic heterocycles. The van der Waals surface area contributed by atoms with Gasteiger partial charge in [-0.3, -0.25) is 9.59 Å². The first-order valence-electron chi connectivity index (χ1n) is 7.42. The summed E-state index contributed by atoms with van der Waals surface area (Å²) in [6, 6.07) is 11.3. The van der Waals surface area contributed by atoms with Crippen molar-refractivity contribution in [1.29, 1.82) is 0 Å². The second-order valence-corrected chi connectivity index (χ2v) is 6.82. The van der Waals surface area contributed by atoms with Crippen LogP contribution in [0.3, 0.4) is 0 Å². The summed E-state index contributed by atoms with van der Waals surface area (Å²) in [7, 11) is 0. The van der Waals surface area contributed by atoms with E-state index in [0.717, 1.165) is 23.9 Å². The molecule has 25 heavy (non-hydrogen) atoms. The molecule has 3 nitrogen and oxygen atoms in total. The lowest BCUT2D eigenvalue weighted by atomic mass is 10.1. The van der Waals surface area contributed by atoms with Gasteiger partial charge in [-0.1, -0.05) is 6.07 Å². The molecule has 0 saturated heterocycles. The molecule has 0 unspecified atom stereocenters. The molecule has 0 fully saturated rings. The largest absolute Gasteiger partial charge is 0.416 e. The number of nitrogens with one attached hydrogen (secondary N) is 1. The average Bonchev–Trinajstić information content (AvgIpc) is 2.54. The summed E-state index contributed by atoms with van der Waals surface area (Å²) in [4.78, 5) is 23.8. The number of carbonyl (C=O) groups is 2. The molecule has 0 radical (unpaired) electrons. The van der Waals surface area contributed by atoms with Crippen LogP contribution in [0.1, 0.15) is 29.8 Å². The molecule has 0 spiro atoms. The van der Waals surface area contributed by atoms with Gasteiger partial charge in [-0.25, -0.2) is 0 Å². The SMILES string of the molecule is CC(=O)c1ccc(NC(=O)[C@@H](C)Sc2cccc(C(F)(F)F)c2)cc1. The van der Waals surface area contributed by atoms with Gasteiger partial charge >= 0.3 is 6.18 Å². The predicted molar refractivity (Wildman–Crippen MR) is 91.8 cm³/mol. The van der Waals surface area contributed by atoms with E-state index in [2.05, 4.69) is 5.32 Å². The van der Waals surface area contributed by atoms with Crippen molar-refractivity contribution in [1.82, 2.24) is 0 Å². The molecule has 1 atom stereocenters. The number of hydrogen-bond acceptors (Lipinski definition) is 3. The van der Waals surface area contributed by atoms with E-state index in [4.69, 9.17) is 0 Å². The maximum absolute atomic E-state index is 12.7. The molecular weight excluding hydrogens is 351 g/mol. The third kappa shape index (κ3) is 5.35. The van der Waals surface area contributed by atoms with Crippen molar-refractivity contribution in [2.24, 2.45) is 0 Å². The van der Waals surface area contributed by atoms with E-state index in [1.165, 1.54) is 19.1 Å². The van der Waals surface area contributed by atoms with Crippen molar-refractivity contribution in [2.75, 3.05) is 5.32 Å². The highest BCUT2D eigenvalue weighted by Gasteiger charge is 2.30. The van der Waals surface area contributed by atoms with Crippen molar-refractivity contribution >= 4 is 29.1 Å². The van der Waals surface area contributed by atoms with Crippen LogP contribution in [0.2, 0.25) is 0 Å². The number of carbonyl (C=O) groups excluding carboxylic acids is 2. The summed E-state index contributed by atoms with van der Waals surface area (Å²) in [5.74, 6) is -0.413. The van der Waals surface area contributed by atoms with E-state index in [1.807, 2.05) is 0 Å². The van der Waals surface area contributed by atoms with Gasteiger partial charge in [0.1, 0.15) is 0 Å². The Morgan fingerprint density at radius 1 is 1.08 bits per heavy atom. The lowest BCUT2D eigenvalue weighted by Crippen LogP contribution is -2.22. The second-order valence-electron chi connectivity index (χ2n) is 5.41. The number of rotatable bonds is 5. The number of alkyl halides is 3. The molecule has 2 aromatic carbocycles. The van der Waals surface area contributed by atoms with Crippen LogP contribution in [0.25, 0.3) is 0 Å².